The SMILES string of the molecule is CCC(=O)Nc1ccccc1-c1c2nc(c(-c3ccccc3NC(=O)CC)c3ccc([nH]3)c(-c3ccccc3NC(=O)CC)c3ccc([nH]3)c(-c3ccccc3NC(=O)CC)c3nc1CC3)C=C2. The molecule has 2 aliphatic heterocycles. The van der Waals surface area contributed by atoms with E-state index in [0.29, 0.717) is 72.7 Å². The van der Waals surface area contributed by atoms with Crippen LogP contribution in [0.5, 0.6) is 0 Å². The molecule has 12 nitrogen and oxygen atoms in total. The molecule has 12 heteroatoms. The molecule has 3 aromatic heterocycles. The average Bonchev–Trinajstić information content (AvgIpc) is 4.22. The minimum atomic E-state index is -0.127. The second-order valence-electron chi connectivity index (χ2n) is 16.6. The Morgan fingerprint density at radius 2 is 0.706 bits per heavy atom. The minimum Gasteiger partial charge on any atom is -0.354 e. The van der Waals surface area contributed by atoms with Crippen molar-refractivity contribution in [2.24, 2.45) is 0 Å². The second-order valence-corrected chi connectivity index (χ2v) is 16.6. The lowest BCUT2D eigenvalue weighted by Gasteiger charge is -2.14. The van der Waals surface area contributed by atoms with E-state index in [1.54, 1.807) is 0 Å². The molecular formula is C56H52N8O4. The van der Waals surface area contributed by atoms with Crippen LogP contribution in [0, 0.1) is 0 Å². The average molecular weight is 901 g/mol. The molecule has 4 amide bonds. The van der Waals surface area contributed by atoms with Crippen LogP contribution in [0.25, 0.3) is 78.7 Å². The molecular weight excluding hydrogens is 849 g/mol. The van der Waals surface area contributed by atoms with E-state index in [1.807, 2.05) is 161 Å². The first-order valence-corrected chi connectivity index (χ1v) is 23.2. The maximum atomic E-state index is 13.1. The van der Waals surface area contributed by atoms with Crippen LogP contribution in [0.15, 0.2) is 121 Å². The van der Waals surface area contributed by atoms with Gasteiger partial charge in [0.05, 0.1) is 22.8 Å². The number of aromatic amines is 2. The van der Waals surface area contributed by atoms with Gasteiger partial charge >= 0.3 is 0 Å². The fraction of sp³-hybridized carbons (Fsp3) is 0.179. The molecule has 0 atom stereocenters. The summed E-state index contributed by atoms with van der Waals surface area (Å²) in [6.07, 6.45) is 6.27. The Labute approximate surface area is 394 Å². The Balaban J connectivity index is 1.47. The Bertz CT molecular complexity index is 3340. The topological polar surface area (TPSA) is 174 Å². The zero-order valence-electron chi connectivity index (χ0n) is 38.5. The number of fused-ring (bicyclic) bond motifs is 8. The number of anilines is 4. The summed E-state index contributed by atoms with van der Waals surface area (Å²) in [5.74, 6) is -0.488. The van der Waals surface area contributed by atoms with Crippen molar-refractivity contribution in [3.05, 3.63) is 144 Å². The number of nitrogens with zero attached hydrogens (tertiary/aromatic N) is 2. The monoisotopic (exact) mass is 900 g/mol. The molecule has 0 unspecified atom stereocenters. The van der Waals surface area contributed by atoms with E-state index in [1.165, 1.54) is 0 Å². The van der Waals surface area contributed by atoms with Crippen LogP contribution < -0.4 is 21.3 Å². The molecule has 9 rings (SSSR count). The summed E-state index contributed by atoms with van der Waals surface area (Å²) in [6.45, 7) is 7.29. The number of hydrogen-bond acceptors (Lipinski definition) is 6. The Morgan fingerprint density at radius 3 is 1.12 bits per heavy atom. The first-order chi connectivity index (χ1) is 33.2. The number of aromatic nitrogens is 4. The molecule has 0 fully saturated rings. The normalized spacial score (nSPS) is 11.8. The van der Waals surface area contributed by atoms with E-state index >= 15 is 0 Å². The van der Waals surface area contributed by atoms with Crippen LogP contribution in [0.2, 0.25) is 0 Å². The van der Waals surface area contributed by atoms with Crippen LogP contribution in [0.4, 0.5) is 22.7 Å². The van der Waals surface area contributed by atoms with Gasteiger partial charge in [0, 0.05) is 115 Å². The number of nitrogens with one attached hydrogen (secondary N) is 6. The van der Waals surface area contributed by atoms with Crippen molar-refractivity contribution in [1.82, 2.24) is 19.9 Å². The highest BCUT2D eigenvalue weighted by atomic mass is 16.2. The van der Waals surface area contributed by atoms with Gasteiger partial charge in [-0.25, -0.2) is 4.98 Å². The van der Waals surface area contributed by atoms with E-state index < -0.39 is 0 Å². The standard InChI is InChI=1S/C56H52N8O4/c1-5-49(65)61-37-21-13-9-17-33(37)53-41-25-27-43(57-41)54(34-18-10-14-22-38(34)62-50(66)6-2)45-29-31-47(59-45)56(36-20-12-16-24-40(36)64-52(68)8-4)48-32-30-46(60-48)55(44-28-26-42(53)58-44)35-19-11-15-23-39(35)63-51(67)7-3/h9-29,31,57-58H,5-8,30,32H2,1-4H3,(H,61,65)(H,62,66)(H,63,67)(H,64,68). The maximum Gasteiger partial charge on any atom is 0.224 e. The van der Waals surface area contributed by atoms with Crippen LogP contribution in [0.3, 0.4) is 0 Å². The molecule has 68 heavy (non-hydrogen) atoms. The van der Waals surface area contributed by atoms with Crippen molar-refractivity contribution >= 4 is 80.6 Å². The minimum absolute atomic E-state index is 0.117. The van der Waals surface area contributed by atoms with Gasteiger partial charge in [0.2, 0.25) is 23.6 Å². The number of hydrogen-bond donors (Lipinski definition) is 6. The third-order valence-electron chi connectivity index (χ3n) is 12.2. The summed E-state index contributed by atoms with van der Waals surface area (Å²) < 4.78 is 0. The van der Waals surface area contributed by atoms with Gasteiger partial charge in [-0.05, 0) is 73.5 Å². The number of carbonyl (C=O) groups excluding carboxylic acids is 4. The molecule has 340 valence electrons. The van der Waals surface area contributed by atoms with Crippen LogP contribution in [0.1, 0.15) is 76.2 Å². The third kappa shape index (κ3) is 8.96. The fourth-order valence-electron chi connectivity index (χ4n) is 8.84. The highest BCUT2D eigenvalue weighted by molar-refractivity contribution is 6.06. The van der Waals surface area contributed by atoms with Gasteiger partial charge in [0.1, 0.15) is 0 Å². The summed E-state index contributed by atoms with van der Waals surface area (Å²) in [7, 11) is 0. The summed E-state index contributed by atoms with van der Waals surface area (Å²) in [5, 5.41) is 12.5. The smallest absolute Gasteiger partial charge is 0.224 e. The summed E-state index contributed by atoms with van der Waals surface area (Å²) in [6, 6.07) is 39.0. The van der Waals surface area contributed by atoms with E-state index in [0.717, 1.165) is 78.0 Å². The molecule has 7 aromatic rings. The maximum absolute atomic E-state index is 13.1. The van der Waals surface area contributed by atoms with Crippen LogP contribution in [-0.2, 0) is 32.0 Å². The lowest BCUT2D eigenvalue weighted by atomic mass is 9.98. The van der Waals surface area contributed by atoms with Gasteiger partial charge in [-0.3, -0.25) is 24.2 Å². The second kappa shape index (κ2) is 19.6. The fourth-order valence-corrected chi connectivity index (χ4v) is 8.84. The van der Waals surface area contributed by atoms with Crippen molar-refractivity contribution in [3.63, 3.8) is 0 Å². The van der Waals surface area contributed by atoms with Gasteiger partial charge in [-0.15, -0.1) is 0 Å². The van der Waals surface area contributed by atoms with Gasteiger partial charge in [0.25, 0.3) is 0 Å². The lowest BCUT2D eigenvalue weighted by molar-refractivity contribution is -0.116. The van der Waals surface area contributed by atoms with Crippen molar-refractivity contribution in [2.45, 2.75) is 66.2 Å². The van der Waals surface area contributed by atoms with Crippen molar-refractivity contribution in [1.29, 1.82) is 0 Å². The molecule has 8 bridgehead atoms. The number of para-hydroxylation sites is 4. The van der Waals surface area contributed by atoms with Crippen molar-refractivity contribution in [3.8, 4) is 44.5 Å². The van der Waals surface area contributed by atoms with Gasteiger partial charge in [-0.1, -0.05) is 100 Å². The molecule has 0 radical (unpaired) electrons. The van der Waals surface area contributed by atoms with E-state index in [-0.39, 0.29) is 23.6 Å². The number of amides is 4. The number of aryl methyl sites for hydroxylation is 2. The Kier molecular flexibility index (Phi) is 12.9. The summed E-state index contributed by atoms with van der Waals surface area (Å²) in [4.78, 5) is 70.7. The molecule has 0 saturated heterocycles. The zero-order chi connectivity index (χ0) is 47.3. The van der Waals surface area contributed by atoms with Crippen LogP contribution in [-0.4, -0.2) is 43.6 Å². The molecule has 0 spiro atoms. The summed E-state index contributed by atoms with van der Waals surface area (Å²) >= 11 is 0. The first-order valence-electron chi connectivity index (χ1n) is 23.2. The van der Waals surface area contributed by atoms with Crippen LogP contribution >= 0.6 is 0 Å². The van der Waals surface area contributed by atoms with E-state index in [2.05, 4.69) is 31.2 Å². The van der Waals surface area contributed by atoms with Gasteiger partial charge in [0.15, 0.2) is 0 Å². The molecule has 5 heterocycles. The number of rotatable bonds is 12. The molecule has 4 aromatic carbocycles. The number of carbonyl (C=O) groups is 4. The first kappa shape index (κ1) is 44.8. The highest BCUT2D eigenvalue weighted by Gasteiger charge is 2.25. The predicted octanol–water partition coefficient (Wildman–Crippen LogP) is 12.3. The quantitative estimate of drug-likeness (QED) is 0.0712. The number of H-pyrrole nitrogens is 2. The van der Waals surface area contributed by atoms with E-state index in [4.69, 9.17) is 9.97 Å². The molecule has 0 saturated carbocycles. The number of benzene rings is 4. The molecule has 2 aliphatic rings. The zero-order valence-corrected chi connectivity index (χ0v) is 38.5. The van der Waals surface area contributed by atoms with Crippen molar-refractivity contribution < 1.29 is 19.2 Å². The predicted molar refractivity (Wildman–Crippen MR) is 275 cm³/mol. The van der Waals surface area contributed by atoms with Gasteiger partial charge < -0.3 is 31.2 Å². The Hall–Kier alpha value is -8.38. The van der Waals surface area contributed by atoms with Crippen molar-refractivity contribution in [2.75, 3.05) is 21.3 Å². The molecule has 0 aliphatic carbocycles. The summed E-state index contributed by atoms with van der Waals surface area (Å²) in [5.41, 5.74) is 14.6. The van der Waals surface area contributed by atoms with E-state index in [9.17, 15) is 19.2 Å². The van der Waals surface area contributed by atoms with Gasteiger partial charge in [-0.2, -0.15) is 0 Å². The lowest BCUT2D eigenvalue weighted by Crippen LogP contribution is -2.10. The highest BCUT2D eigenvalue weighted by Crippen LogP contribution is 2.43. The third-order valence-corrected chi connectivity index (χ3v) is 12.2. The largest absolute Gasteiger partial charge is 0.354 e. The Morgan fingerprint density at radius 1 is 0.397 bits per heavy atom. The molecule has 6 N–H and O–H groups in total.